The van der Waals surface area contributed by atoms with Crippen molar-refractivity contribution in [3.8, 4) is 17.9 Å². The number of rotatable bonds is 3. The smallest absolute Gasteiger partial charge is 0.248 e. The van der Waals surface area contributed by atoms with Crippen molar-refractivity contribution < 1.29 is 4.74 Å². The number of fused-ring (bicyclic) bond motifs is 1. The van der Waals surface area contributed by atoms with Crippen LogP contribution in [-0.4, -0.2) is 12.1 Å². The third-order valence-corrected chi connectivity index (χ3v) is 5.46. The number of hydrogen-bond acceptors (Lipinski definition) is 4. The van der Waals surface area contributed by atoms with Crippen LogP contribution in [0.4, 0.5) is 0 Å². The highest BCUT2D eigenvalue weighted by molar-refractivity contribution is 6.31. The lowest BCUT2D eigenvalue weighted by molar-refractivity contribution is 0.414. The Morgan fingerprint density at radius 2 is 1.78 bits per heavy atom. The molecule has 1 aliphatic carbocycles. The molecule has 0 radical (unpaired) electrons. The lowest BCUT2D eigenvalue weighted by atomic mass is 9.99. The van der Waals surface area contributed by atoms with Gasteiger partial charge in [0.1, 0.15) is 5.75 Å². The van der Waals surface area contributed by atoms with Crippen LogP contribution in [-0.2, 0) is 0 Å². The molecule has 0 saturated heterocycles. The summed E-state index contributed by atoms with van der Waals surface area (Å²) in [5, 5.41) is 20.9. The molecule has 0 bridgehead atoms. The molecule has 2 aromatic carbocycles. The molecular formula is C21H14ClN3O2. The number of methoxy groups -OCH3 is 1. The van der Waals surface area contributed by atoms with Gasteiger partial charge in [-0.25, -0.2) is 0 Å². The Morgan fingerprint density at radius 1 is 1.07 bits per heavy atom. The summed E-state index contributed by atoms with van der Waals surface area (Å²) in [6.45, 7) is 0. The Balaban J connectivity index is 1.90. The van der Waals surface area contributed by atoms with Gasteiger partial charge >= 0.3 is 0 Å². The Kier molecular flexibility index (Phi) is 3.91. The van der Waals surface area contributed by atoms with Gasteiger partial charge in [0.2, 0.25) is 5.56 Å². The molecule has 3 aromatic rings. The molecule has 0 aliphatic heterocycles. The Labute approximate surface area is 160 Å². The van der Waals surface area contributed by atoms with E-state index in [1.807, 2.05) is 18.2 Å². The van der Waals surface area contributed by atoms with Gasteiger partial charge in [-0.15, -0.1) is 0 Å². The zero-order chi connectivity index (χ0) is 19.2. The number of ether oxygens (including phenoxy) is 1. The Hall–Kier alpha value is -3.28. The molecule has 1 aliphatic rings. The molecule has 0 spiro atoms. The first-order chi connectivity index (χ1) is 13.0. The monoisotopic (exact) mass is 375 g/mol. The van der Waals surface area contributed by atoms with Gasteiger partial charge in [-0.05, 0) is 35.4 Å². The van der Waals surface area contributed by atoms with Crippen molar-refractivity contribution in [2.75, 3.05) is 7.11 Å². The van der Waals surface area contributed by atoms with Crippen LogP contribution in [0, 0.1) is 28.1 Å². The van der Waals surface area contributed by atoms with Crippen molar-refractivity contribution >= 4 is 22.5 Å². The number of aromatic nitrogens is 1. The summed E-state index contributed by atoms with van der Waals surface area (Å²) in [5.74, 6) is -0.0160. The first-order valence-electron chi connectivity index (χ1n) is 8.33. The van der Waals surface area contributed by atoms with Gasteiger partial charge in [-0.1, -0.05) is 29.8 Å². The molecule has 0 amide bonds. The van der Waals surface area contributed by atoms with Gasteiger partial charge in [-0.3, -0.25) is 4.79 Å². The molecule has 132 valence electrons. The van der Waals surface area contributed by atoms with Gasteiger partial charge in [0.15, 0.2) is 5.41 Å². The van der Waals surface area contributed by atoms with E-state index in [0.29, 0.717) is 21.9 Å². The Morgan fingerprint density at radius 3 is 2.41 bits per heavy atom. The predicted octanol–water partition coefficient (Wildman–Crippen LogP) is 4.10. The quantitative estimate of drug-likeness (QED) is 0.746. The predicted molar refractivity (Wildman–Crippen MR) is 102 cm³/mol. The molecule has 1 saturated carbocycles. The first kappa shape index (κ1) is 17.1. The van der Waals surface area contributed by atoms with E-state index >= 15 is 0 Å². The molecule has 2 unspecified atom stereocenters. The van der Waals surface area contributed by atoms with E-state index in [4.69, 9.17) is 16.3 Å². The first-order valence-corrected chi connectivity index (χ1v) is 8.71. The van der Waals surface area contributed by atoms with Crippen molar-refractivity contribution in [2.24, 2.45) is 5.41 Å². The fraction of sp³-hybridized carbons (Fsp3) is 0.190. The minimum absolute atomic E-state index is 0.287. The second kappa shape index (κ2) is 6.16. The molecule has 1 N–H and O–H groups in total. The highest BCUT2D eigenvalue weighted by Gasteiger charge is 2.68. The maximum atomic E-state index is 12.2. The summed E-state index contributed by atoms with van der Waals surface area (Å²) < 4.78 is 5.18. The summed E-state index contributed by atoms with van der Waals surface area (Å²) in [4.78, 5) is 14.9. The number of hydrogen-bond donors (Lipinski definition) is 1. The largest absolute Gasteiger partial charge is 0.497 e. The number of nitrogens with zero attached hydrogens (tertiary/aromatic N) is 2. The van der Waals surface area contributed by atoms with Crippen LogP contribution in [0.25, 0.3) is 10.9 Å². The average Bonchev–Trinajstić information content (AvgIpc) is 3.36. The van der Waals surface area contributed by atoms with Crippen molar-refractivity contribution in [1.82, 2.24) is 4.98 Å². The fourth-order valence-corrected chi connectivity index (χ4v) is 4.07. The third-order valence-electron chi connectivity index (χ3n) is 5.22. The van der Waals surface area contributed by atoms with E-state index in [9.17, 15) is 15.3 Å². The zero-order valence-corrected chi connectivity index (χ0v) is 15.1. The van der Waals surface area contributed by atoms with Crippen LogP contribution in [0.1, 0.15) is 23.0 Å². The molecule has 5 nitrogen and oxygen atoms in total. The highest BCUT2D eigenvalue weighted by Crippen LogP contribution is 2.70. The van der Waals surface area contributed by atoms with Crippen LogP contribution in [0.3, 0.4) is 0 Å². The molecule has 1 heterocycles. The van der Waals surface area contributed by atoms with Gasteiger partial charge in [-0.2, -0.15) is 10.5 Å². The Bertz CT molecular complexity index is 1170. The molecule has 1 aromatic heterocycles. The van der Waals surface area contributed by atoms with Crippen LogP contribution >= 0.6 is 11.6 Å². The number of nitrogens with one attached hydrogen (secondary N) is 1. The zero-order valence-electron chi connectivity index (χ0n) is 14.4. The minimum Gasteiger partial charge on any atom is -0.497 e. The van der Waals surface area contributed by atoms with E-state index in [1.54, 1.807) is 31.4 Å². The summed E-state index contributed by atoms with van der Waals surface area (Å²) >= 11 is 6.04. The van der Waals surface area contributed by atoms with Crippen molar-refractivity contribution in [3.05, 3.63) is 75.0 Å². The van der Waals surface area contributed by atoms with E-state index in [1.165, 1.54) is 6.07 Å². The summed E-state index contributed by atoms with van der Waals surface area (Å²) in [6, 6.07) is 18.4. The number of H-pyrrole nitrogens is 1. The van der Waals surface area contributed by atoms with Crippen molar-refractivity contribution in [1.29, 1.82) is 10.5 Å². The third kappa shape index (κ3) is 2.56. The number of pyridine rings is 1. The van der Waals surface area contributed by atoms with E-state index in [0.717, 1.165) is 10.9 Å². The van der Waals surface area contributed by atoms with Crippen molar-refractivity contribution in [3.63, 3.8) is 0 Å². The van der Waals surface area contributed by atoms with E-state index in [-0.39, 0.29) is 11.5 Å². The summed E-state index contributed by atoms with van der Waals surface area (Å²) in [5.41, 5.74) is 0.648. The number of halogens is 1. The second-order valence-corrected chi connectivity index (χ2v) is 7.04. The highest BCUT2D eigenvalue weighted by atomic mass is 35.5. The molecular weight excluding hydrogens is 362 g/mol. The van der Waals surface area contributed by atoms with E-state index < -0.39 is 11.3 Å². The van der Waals surface area contributed by atoms with Crippen LogP contribution < -0.4 is 10.3 Å². The van der Waals surface area contributed by atoms with Gasteiger partial charge in [0.05, 0.1) is 24.8 Å². The lowest BCUT2D eigenvalue weighted by Crippen LogP contribution is -2.07. The minimum atomic E-state index is -1.21. The van der Waals surface area contributed by atoms with Crippen LogP contribution in [0.2, 0.25) is 5.02 Å². The molecule has 6 heteroatoms. The SMILES string of the molecule is COc1ccc(C2C(c3cc(=O)[nH]c4cc(Cl)ccc34)C2(C#N)C#N)cc1. The average molecular weight is 376 g/mol. The van der Waals surface area contributed by atoms with Gasteiger partial charge in [0, 0.05) is 28.3 Å². The molecule has 2 atom stereocenters. The van der Waals surface area contributed by atoms with Gasteiger partial charge < -0.3 is 9.72 Å². The van der Waals surface area contributed by atoms with Crippen LogP contribution in [0.15, 0.2) is 53.3 Å². The number of nitriles is 2. The lowest BCUT2D eigenvalue weighted by Gasteiger charge is -2.07. The molecule has 1 fully saturated rings. The van der Waals surface area contributed by atoms with Gasteiger partial charge in [0.25, 0.3) is 0 Å². The number of benzene rings is 2. The van der Waals surface area contributed by atoms with Crippen LogP contribution in [0.5, 0.6) is 5.75 Å². The normalized spacial score (nSPS) is 19.9. The number of aromatic amines is 1. The maximum Gasteiger partial charge on any atom is 0.248 e. The summed E-state index contributed by atoms with van der Waals surface area (Å²) in [7, 11) is 1.58. The maximum absolute atomic E-state index is 12.2. The molecule has 27 heavy (non-hydrogen) atoms. The summed E-state index contributed by atoms with van der Waals surface area (Å²) in [6.07, 6.45) is 0. The topological polar surface area (TPSA) is 89.7 Å². The fourth-order valence-electron chi connectivity index (χ4n) is 3.90. The molecule has 4 rings (SSSR count). The van der Waals surface area contributed by atoms with Crippen molar-refractivity contribution in [2.45, 2.75) is 11.8 Å². The standard InChI is InChI=1S/C21H14ClN3O2/c1-27-14-5-2-12(3-6-14)19-20(21(19,10-23)11-24)16-9-18(26)25-17-8-13(22)4-7-15(16)17/h2-9,19-20H,1H3,(H,25,26). The van der Waals surface area contributed by atoms with E-state index in [2.05, 4.69) is 17.1 Å². The second-order valence-electron chi connectivity index (χ2n) is 6.60.